The molecule has 3 aromatic rings. The van der Waals surface area contributed by atoms with E-state index in [0.717, 1.165) is 17.1 Å². The molecular formula is C12H11N5S. The molecule has 0 spiro atoms. The smallest absolute Gasteiger partial charge is 0.181 e. The molecule has 0 aliphatic carbocycles. The summed E-state index contributed by atoms with van der Waals surface area (Å²) in [5.74, 6) is 1.49. The maximum absolute atomic E-state index is 5.59. The lowest BCUT2D eigenvalue weighted by Gasteiger charge is -1.92. The number of nitrogens with zero attached hydrogens (tertiary/aromatic N) is 3. The summed E-state index contributed by atoms with van der Waals surface area (Å²) in [6, 6.07) is 9.86. The third-order valence-corrected chi connectivity index (χ3v) is 3.20. The number of nitrogens with two attached hydrogens (primary N) is 1. The lowest BCUT2D eigenvalue weighted by atomic mass is 10.2. The van der Waals surface area contributed by atoms with Gasteiger partial charge >= 0.3 is 0 Å². The summed E-state index contributed by atoms with van der Waals surface area (Å²) in [6.45, 7) is 0. The third kappa shape index (κ3) is 2.23. The molecule has 0 radical (unpaired) electrons. The van der Waals surface area contributed by atoms with Gasteiger partial charge in [-0.05, 0) is 0 Å². The second-order valence-electron chi connectivity index (χ2n) is 3.83. The molecule has 0 amide bonds. The molecule has 0 bridgehead atoms. The fourth-order valence-electron chi connectivity index (χ4n) is 1.67. The summed E-state index contributed by atoms with van der Waals surface area (Å²) in [5.41, 5.74) is 7.50. The van der Waals surface area contributed by atoms with Crippen molar-refractivity contribution in [3.63, 3.8) is 0 Å². The topological polar surface area (TPSA) is 80.5 Å². The summed E-state index contributed by atoms with van der Waals surface area (Å²) < 4.78 is 0. The van der Waals surface area contributed by atoms with Gasteiger partial charge in [0.15, 0.2) is 11.0 Å². The van der Waals surface area contributed by atoms with Crippen molar-refractivity contribution in [2.24, 2.45) is 0 Å². The summed E-state index contributed by atoms with van der Waals surface area (Å²) in [5, 5.41) is 9.63. The van der Waals surface area contributed by atoms with E-state index in [2.05, 4.69) is 20.2 Å². The largest absolute Gasteiger partial charge is 0.375 e. The van der Waals surface area contributed by atoms with Crippen LogP contribution >= 0.6 is 11.3 Å². The number of rotatable bonds is 3. The number of anilines is 1. The zero-order valence-corrected chi connectivity index (χ0v) is 10.3. The van der Waals surface area contributed by atoms with Crippen LogP contribution in [0.25, 0.3) is 11.4 Å². The molecule has 0 aliphatic heterocycles. The van der Waals surface area contributed by atoms with Crippen molar-refractivity contribution in [3.8, 4) is 11.4 Å². The highest BCUT2D eigenvalue weighted by Crippen LogP contribution is 2.16. The summed E-state index contributed by atoms with van der Waals surface area (Å²) >= 11 is 1.43. The van der Waals surface area contributed by atoms with Gasteiger partial charge in [-0.3, -0.25) is 5.10 Å². The van der Waals surface area contributed by atoms with Gasteiger partial charge in [-0.2, -0.15) is 5.10 Å². The maximum Gasteiger partial charge on any atom is 0.181 e. The van der Waals surface area contributed by atoms with Crippen LogP contribution in [0.3, 0.4) is 0 Å². The molecule has 6 heteroatoms. The molecule has 3 N–H and O–H groups in total. The van der Waals surface area contributed by atoms with Crippen LogP contribution in [0.15, 0.2) is 35.7 Å². The summed E-state index contributed by atoms with van der Waals surface area (Å²) in [4.78, 5) is 8.64. The van der Waals surface area contributed by atoms with Crippen molar-refractivity contribution in [1.82, 2.24) is 20.2 Å². The van der Waals surface area contributed by atoms with Crippen molar-refractivity contribution in [1.29, 1.82) is 0 Å². The van der Waals surface area contributed by atoms with Crippen molar-refractivity contribution < 1.29 is 0 Å². The molecule has 18 heavy (non-hydrogen) atoms. The minimum atomic E-state index is 0.577. The predicted molar refractivity (Wildman–Crippen MR) is 71.2 cm³/mol. The fraction of sp³-hybridized carbons (Fsp3) is 0.0833. The van der Waals surface area contributed by atoms with Crippen LogP contribution in [0.5, 0.6) is 0 Å². The Morgan fingerprint density at radius 2 is 2.00 bits per heavy atom. The van der Waals surface area contributed by atoms with Crippen LogP contribution in [0.1, 0.15) is 11.5 Å². The third-order valence-electron chi connectivity index (χ3n) is 2.48. The number of aromatic amines is 1. The van der Waals surface area contributed by atoms with Gasteiger partial charge in [0.05, 0.1) is 12.1 Å². The molecule has 0 aliphatic rings. The zero-order valence-electron chi connectivity index (χ0n) is 9.50. The highest BCUT2D eigenvalue weighted by atomic mass is 32.1. The Hall–Kier alpha value is -2.21. The van der Waals surface area contributed by atoms with E-state index in [4.69, 9.17) is 5.73 Å². The number of aromatic nitrogens is 4. The first-order valence-corrected chi connectivity index (χ1v) is 6.36. The molecule has 0 atom stereocenters. The fourth-order valence-corrected chi connectivity index (χ4v) is 2.23. The number of H-pyrrole nitrogens is 1. The van der Waals surface area contributed by atoms with Crippen LogP contribution in [0, 0.1) is 0 Å². The van der Waals surface area contributed by atoms with Gasteiger partial charge in [-0.15, -0.1) is 11.3 Å². The van der Waals surface area contributed by atoms with Gasteiger partial charge in [0.25, 0.3) is 0 Å². The second kappa shape index (κ2) is 4.58. The van der Waals surface area contributed by atoms with Gasteiger partial charge in [0.1, 0.15) is 5.82 Å². The molecule has 5 nitrogen and oxygen atoms in total. The van der Waals surface area contributed by atoms with Gasteiger partial charge < -0.3 is 5.73 Å². The van der Waals surface area contributed by atoms with Crippen molar-refractivity contribution in [3.05, 3.63) is 47.2 Å². The first-order valence-electron chi connectivity index (χ1n) is 5.48. The van der Waals surface area contributed by atoms with Crippen LogP contribution in [-0.2, 0) is 6.42 Å². The maximum atomic E-state index is 5.59. The van der Waals surface area contributed by atoms with Crippen LogP contribution in [0.2, 0.25) is 0 Å². The van der Waals surface area contributed by atoms with E-state index in [1.165, 1.54) is 11.3 Å². The highest BCUT2D eigenvalue weighted by Gasteiger charge is 2.07. The SMILES string of the molecule is Nc1nc(Cc2nc(-c3ccccc3)n[nH]2)cs1. The molecule has 1 aromatic carbocycles. The van der Waals surface area contributed by atoms with Crippen LogP contribution in [0.4, 0.5) is 5.13 Å². The lowest BCUT2D eigenvalue weighted by Crippen LogP contribution is -1.92. The van der Waals surface area contributed by atoms with Gasteiger partial charge in [0.2, 0.25) is 0 Å². The molecule has 2 heterocycles. The molecule has 3 rings (SSSR count). The Morgan fingerprint density at radius 1 is 1.17 bits per heavy atom. The van der Waals surface area contributed by atoms with E-state index in [-0.39, 0.29) is 0 Å². The average Bonchev–Trinajstić information content (AvgIpc) is 3.01. The Labute approximate surface area is 108 Å². The van der Waals surface area contributed by atoms with E-state index in [1.54, 1.807) is 0 Å². The Kier molecular flexibility index (Phi) is 2.77. The first kappa shape index (κ1) is 10.9. The monoisotopic (exact) mass is 257 g/mol. The van der Waals surface area contributed by atoms with E-state index < -0.39 is 0 Å². The standard InChI is InChI=1S/C12H11N5S/c13-12-14-9(7-18-12)6-10-15-11(17-16-10)8-4-2-1-3-5-8/h1-5,7H,6H2,(H2,13,14)(H,15,16,17). The molecule has 0 fully saturated rings. The van der Waals surface area contributed by atoms with Gasteiger partial charge in [0, 0.05) is 10.9 Å². The molecule has 0 unspecified atom stereocenters. The van der Waals surface area contributed by atoms with E-state index in [9.17, 15) is 0 Å². The summed E-state index contributed by atoms with van der Waals surface area (Å²) in [7, 11) is 0. The molecule has 0 saturated carbocycles. The number of nitrogens with one attached hydrogen (secondary N) is 1. The number of benzene rings is 1. The minimum Gasteiger partial charge on any atom is -0.375 e. The van der Waals surface area contributed by atoms with Crippen LogP contribution in [-0.4, -0.2) is 20.2 Å². The van der Waals surface area contributed by atoms with E-state index >= 15 is 0 Å². The number of thiazole rings is 1. The van der Waals surface area contributed by atoms with Crippen LogP contribution < -0.4 is 5.73 Å². The predicted octanol–water partition coefficient (Wildman–Crippen LogP) is 2.10. The second-order valence-corrected chi connectivity index (χ2v) is 4.72. The van der Waals surface area contributed by atoms with E-state index in [1.807, 2.05) is 35.7 Å². The summed E-state index contributed by atoms with van der Waals surface area (Å²) in [6.07, 6.45) is 0.619. The van der Waals surface area contributed by atoms with Crippen molar-refractivity contribution >= 4 is 16.5 Å². The zero-order chi connectivity index (χ0) is 12.4. The molecule has 2 aromatic heterocycles. The molecular weight excluding hydrogens is 246 g/mol. The first-order chi connectivity index (χ1) is 8.81. The number of nitrogen functional groups attached to an aromatic ring is 1. The van der Waals surface area contributed by atoms with Gasteiger partial charge in [-0.25, -0.2) is 9.97 Å². The van der Waals surface area contributed by atoms with Crippen molar-refractivity contribution in [2.75, 3.05) is 5.73 Å². The van der Waals surface area contributed by atoms with Crippen molar-refractivity contribution in [2.45, 2.75) is 6.42 Å². The van der Waals surface area contributed by atoms with E-state index in [0.29, 0.717) is 17.4 Å². The highest BCUT2D eigenvalue weighted by molar-refractivity contribution is 7.13. The quantitative estimate of drug-likeness (QED) is 0.753. The number of hydrogen-bond acceptors (Lipinski definition) is 5. The Balaban J connectivity index is 1.82. The number of hydrogen-bond donors (Lipinski definition) is 2. The average molecular weight is 257 g/mol. The Morgan fingerprint density at radius 3 is 2.72 bits per heavy atom. The molecule has 90 valence electrons. The minimum absolute atomic E-state index is 0.577. The van der Waals surface area contributed by atoms with Gasteiger partial charge in [-0.1, -0.05) is 30.3 Å². The lowest BCUT2D eigenvalue weighted by molar-refractivity contribution is 0.952. The Bertz CT molecular complexity index is 643. The normalized spacial score (nSPS) is 10.7. The molecule has 0 saturated heterocycles.